The van der Waals surface area contributed by atoms with Crippen LogP contribution in [0.4, 0.5) is 0 Å². The van der Waals surface area contributed by atoms with E-state index in [0.717, 1.165) is 18.1 Å². The Bertz CT molecular complexity index is 1000. The van der Waals surface area contributed by atoms with Gasteiger partial charge in [0.25, 0.3) is 0 Å². The number of aryl methyl sites for hydroxylation is 1. The summed E-state index contributed by atoms with van der Waals surface area (Å²) >= 11 is 1.75. The predicted molar refractivity (Wildman–Crippen MR) is 107 cm³/mol. The van der Waals surface area contributed by atoms with Crippen LogP contribution in [-0.2, 0) is 13.5 Å². The lowest BCUT2D eigenvalue weighted by Gasteiger charge is -2.25. The van der Waals surface area contributed by atoms with E-state index in [1.165, 1.54) is 27.7 Å². The molecule has 0 amide bonds. The van der Waals surface area contributed by atoms with E-state index >= 15 is 0 Å². The molecule has 5 rings (SSSR count). The summed E-state index contributed by atoms with van der Waals surface area (Å²) in [5.74, 6) is 0. The van der Waals surface area contributed by atoms with Gasteiger partial charge in [0.1, 0.15) is 0 Å². The third-order valence-corrected chi connectivity index (χ3v) is 5.93. The maximum Gasteiger partial charge on any atom is 0.168 e. The Balaban J connectivity index is 1.48. The molecule has 0 saturated heterocycles. The van der Waals surface area contributed by atoms with Crippen molar-refractivity contribution in [1.29, 1.82) is 0 Å². The number of benzene rings is 2. The van der Waals surface area contributed by atoms with Crippen LogP contribution >= 0.6 is 11.8 Å². The largest absolute Gasteiger partial charge is 0.350 e. The van der Waals surface area contributed by atoms with Crippen LogP contribution < -0.4 is 0 Å². The second kappa shape index (κ2) is 5.81. The zero-order valence-electron chi connectivity index (χ0n) is 14.1. The number of hydrogen-bond acceptors (Lipinski definition) is 3. The minimum atomic E-state index is 0.391. The SMILES string of the molecule is Cn1cc(C[C@@H]2CN=C3SC=C(c4ccccc4)N32)c2ccccc21. The maximum atomic E-state index is 4.78. The average Bonchev–Trinajstić information content (AvgIpc) is 3.32. The normalized spacial score (nSPS) is 19.2. The van der Waals surface area contributed by atoms with Gasteiger partial charge >= 0.3 is 0 Å². The lowest BCUT2D eigenvalue weighted by molar-refractivity contribution is 0.463. The summed E-state index contributed by atoms with van der Waals surface area (Å²) in [4.78, 5) is 7.22. The number of nitrogens with zero attached hydrogens (tertiary/aromatic N) is 3. The van der Waals surface area contributed by atoms with Gasteiger partial charge in [0.2, 0.25) is 0 Å². The van der Waals surface area contributed by atoms with Gasteiger partial charge in [-0.2, -0.15) is 0 Å². The lowest BCUT2D eigenvalue weighted by Crippen LogP contribution is -2.33. The van der Waals surface area contributed by atoms with Crippen molar-refractivity contribution in [3.05, 3.63) is 77.3 Å². The first-order valence-electron chi connectivity index (χ1n) is 8.60. The summed E-state index contributed by atoms with van der Waals surface area (Å²) in [6.07, 6.45) is 3.29. The van der Waals surface area contributed by atoms with Crippen molar-refractivity contribution in [1.82, 2.24) is 9.47 Å². The number of aliphatic imine (C=N–C) groups is 1. The van der Waals surface area contributed by atoms with Gasteiger partial charge in [-0.15, -0.1) is 0 Å². The fourth-order valence-electron chi connectivity index (χ4n) is 3.87. The van der Waals surface area contributed by atoms with E-state index in [1.807, 2.05) is 0 Å². The fraction of sp³-hybridized carbons (Fsp3) is 0.190. The molecular weight excluding hydrogens is 326 g/mol. The molecule has 2 aliphatic rings. The number of amidine groups is 1. The van der Waals surface area contributed by atoms with Crippen LogP contribution in [0.1, 0.15) is 11.1 Å². The summed E-state index contributed by atoms with van der Waals surface area (Å²) in [5.41, 5.74) is 5.26. The molecule has 0 bridgehead atoms. The molecule has 0 N–H and O–H groups in total. The second-order valence-electron chi connectivity index (χ2n) is 6.62. The fourth-order valence-corrected chi connectivity index (χ4v) is 4.85. The summed E-state index contributed by atoms with van der Waals surface area (Å²) < 4.78 is 2.23. The van der Waals surface area contributed by atoms with Gasteiger partial charge in [0, 0.05) is 29.6 Å². The number of fused-ring (bicyclic) bond motifs is 2. The zero-order chi connectivity index (χ0) is 16.8. The van der Waals surface area contributed by atoms with E-state index in [9.17, 15) is 0 Å². The van der Waals surface area contributed by atoms with Gasteiger partial charge < -0.3 is 9.47 Å². The number of para-hydroxylation sites is 1. The van der Waals surface area contributed by atoms with Gasteiger partial charge in [-0.05, 0) is 23.6 Å². The molecule has 0 aliphatic carbocycles. The molecule has 3 heterocycles. The predicted octanol–water partition coefficient (Wildman–Crippen LogP) is 4.51. The highest BCUT2D eigenvalue weighted by Gasteiger charge is 2.35. The Kier molecular flexibility index (Phi) is 3.45. The van der Waals surface area contributed by atoms with E-state index in [-0.39, 0.29) is 0 Å². The van der Waals surface area contributed by atoms with Crippen LogP contribution in [0.3, 0.4) is 0 Å². The van der Waals surface area contributed by atoms with Crippen molar-refractivity contribution in [3.8, 4) is 0 Å². The molecule has 4 heteroatoms. The minimum absolute atomic E-state index is 0.391. The highest BCUT2D eigenvalue weighted by molar-refractivity contribution is 8.16. The summed E-state index contributed by atoms with van der Waals surface area (Å²) in [6.45, 7) is 0.871. The van der Waals surface area contributed by atoms with Crippen LogP contribution in [0.15, 0.2) is 71.2 Å². The first-order valence-corrected chi connectivity index (χ1v) is 9.48. The molecule has 0 radical (unpaired) electrons. The van der Waals surface area contributed by atoms with E-state index < -0.39 is 0 Å². The Labute approximate surface area is 151 Å². The lowest BCUT2D eigenvalue weighted by atomic mass is 10.0. The molecule has 1 aromatic heterocycles. The van der Waals surface area contributed by atoms with Crippen molar-refractivity contribution in [2.75, 3.05) is 6.54 Å². The Morgan fingerprint density at radius 2 is 1.88 bits per heavy atom. The van der Waals surface area contributed by atoms with Gasteiger partial charge in [0.15, 0.2) is 5.17 Å². The van der Waals surface area contributed by atoms with Gasteiger partial charge in [-0.1, -0.05) is 60.3 Å². The third-order valence-electron chi connectivity index (χ3n) is 5.05. The van der Waals surface area contributed by atoms with Crippen molar-refractivity contribution < 1.29 is 0 Å². The third kappa shape index (κ3) is 2.40. The molecule has 1 atom stereocenters. The molecule has 2 aromatic carbocycles. The highest BCUT2D eigenvalue weighted by atomic mass is 32.2. The molecule has 0 spiro atoms. The highest BCUT2D eigenvalue weighted by Crippen LogP contribution is 2.39. The molecule has 0 fully saturated rings. The van der Waals surface area contributed by atoms with E-state index in [0.29, 0.717) is 6.04 Å². The first kappa shape index (κ1) is 14.8. The van der Waals surface area contributed by atoms with E-state index in [4.69, 9.17) is 4.99 Å². The van der Waals surface area contributed by atoms with Gasteiger partial charge in [-0.25, -0.2) is 0 Å². The zero-order valence-corrected chi connectivity index (χ0v) is 14.9. The van der Waals surface area contributed by atoms with Crippen molar-refractivity contribution in [2.24, 2.45) is 12.0 Å². The van der Waals surface area contributed by atoms with Crippen molar-refractivity contribution >= 4 is 33.5 Å². The molecule has 3 nitrogen and oxygen atoms in total. The standard InChI is InChI=1S/C21H19N3S/c1-23-13-16(18-9-5-6-10-19(18)23)11-17-12-22-21-24(17)20(14-25-21)15-7-3-2-4-8-15/h2-10,13-14,17H,11-12H2,1H3/t17-/m1/s1. The van der Waals surface area contributed by atoms with E-state index in [2.05, 4.69) is 82.7 Å². The van der Waals surface area contributed by atoms with Crippen LogP contribution in [-0.4, -0.2) is 27.2 Å². The number of hydrogen-bond donors (Lipinski definition) is 0. The van der Waals surface area contributed by atoms with Crippen LogP contribution in [0.5, 0.6) is 0 Å². The summed E-state index contributed by atoms with van der Waals surface area (Å²) in [5, 5.41) is 4.74. The maximum absolute atomic E-state index is 4.78. The van der Waals surface area contributed by atoms with Crippen LogP contribution in [0.25, 0.3) is 16.6 Å². The van der Waals surface area contributed by atoms with Crippen LogP contribution in [0, 0.1) is 0 Å². The number of rotatable bonds is 3. The quantitative estimate of drug-likeness (QED) is 0.696. The topological polar surface area (TPSA) is 20.5 Å². The molecule has 0 saturated carbocycles. The monoisotopic (exact) mass is 345 g/mol. The van der Waals surface area contributed by atoms with Gasteiger partial charge in [-0.3, -0.25) is 4.99 Å². The van der Waals surface area contributed by atoms with Crippen molar-refractivity contribution in [3.63, 3.8) is 0 Å². The number of thioether (sulfide) groups is 1. The smallest absolute Gasteiger partial charge is 0.168 e. The molecule has 124 valence electrons. The Morgan fingerprint density at radius 3 is 2.76 bits per heavy atom. The minimum Gasteiger partial charge on any atom is -0.350 e. The van der Waals surface area contributed by atoms with Crippen molar-refractivity contribution in [2.45, 2.75) is 12.5 Å². The second-order valence-corrected chi connectivity index (χ2v) is 7.46. The molecule has 0 unspecified atom stereocenters. The van der Waals surface area contributed by atoms with Crippen LogP contribution in [0.2, 0.25) is 0 Å². The summed E-state index contributed by atoms with van der Waals surface area (Å²) in [6, 6.07) is 19.7. The Morgan fingerprint density at radius 1 is 1.08 bits per heavy atom. The van der Waals surface area contributed by atoms with Gasteiger partial charge in [0.05, 0.1) is 18.3 Å². The molecule has 2 aliphatic heterocycles. The van der Waals surface area contributed by atoms with E-state index in [1.54, 1.807) is 11.8 Å². The number of aromatic nitrogens is 1. The Hall–Kier alpha value is -2.46. The molecule has 3 aromatic rings. The molecule has 25 heavy (non-hydrogen) atoms. The first-order chi connectivity index (χ1) is 12.3. The summed E-state index contributed by atoms with van der Waals surface area (Å²) in [7, 11) is 2.13. The molecular formula is C21H19N3S. The average molecular weight is 345 g/mol.